The number of hydrogen-bond acceptors (Lipinski definition) is 5. The summed E-state index contributed by atoms with van der Waals surface area (Å²) in [6.07, 6.45) is 5.63. The second-order valence-corrected chi connectivity index (χ2v) is 6.91. The Morgan fingerprint density at radius 1 is 1.18 bits per heavy atom. The van der Waals surface area contributed by atoms with Gasteiger partial charge in [-0.2, -0.15) is 5.10 Å². The van der Waals surface area contributed by atoms with E-state index in [-0.39, 0.29) is 36.9 Å². The number of hydrogen-bond donors (Lipinski definition) is 1. The molecule has 3 rings (SSSR count). The van der Waals surface area contributed by atoms with Crippen LogP contribution in [0.5, 0.6) is 0 Å². The van der Waals surface area contributed by atoms with Gasteiger partial charge in [-0.25, -0.2) is 4.79 Å². The van der Waals surface area contributed by atoms with Crippen molar-refractivity contribution >= 4 is 11.9 Å². The van der Waals surface area contributed by atoms with Crippen molar-refractivity contribution in [2.24, 2.45) is 0 Å². The molecule has 2 atom stereocenters. The van der Waals surface area contributed by atoms with E-state index < -0.39 is 5.97 Å². The second-order valence-electron chi connectivity index (χ2n) is 6.91. The van der Waals surface area contributed by atoms with Gasteiger partial charge in [0.1, 0.15) is 6.54 Å². The van der Waals surface area contributed by atoms with E-state index in [0.717, 1.165) is 31.2 Å². The molecule has 1 heterocycles. The maximum Gasteiger partial charge on any atom is 0.358 e. The fraction of sp³-hybridized carbons (Fsp3) is 0.476. The van der Waals surface area contributed by atoms with Crippen LogP contribution in [-0.2, 0) is 27.4 Å². The summed E-state index contributed by atoms with van der Waals surface area (Å²) in [4.78, 5) is 24.1. The van der Waals surface area contributed by atoms with Gasteiger partial charge in [0.2, 0.25) is 5.91 Å². The van der Waals surface area contributed by atoms with Crippen LogP contribution in [0.2, 0.25) is 0 Å². The smallest absolute Gasteiger partial charge is 0.358 e. The standard InChI is InChI=1S/C21H27N3O4/c1-2-27-21(26)18-12-13-24(23-18)14-20(25)22-17-10-6-7-11-19(17)28-15-16-8-4-3-5-9-16/h3-5,8-9,12-13,17,19H,2,6-7,10-11,14-15H2,1H3,(H,22,25). The van der Waals surface area contributed by atoms with Crippen LogP contribution in [0.3, 0.4) is 0 Å². The van der Waals surface area contributed by atoms with Gasteiger partial charge in [-0.3, -0.25) is 9.48 Å². The Kier molecular flexibility index (Phi) is 7.19. The molecule has 2 aromatic rings. The summed E-state index contributed by atoms with van der Waals surface area (Å²) in [5, 5.41) is 7.18. The Balaban J connectivity index is 1.52. The Bertz CT molecular complexity index is 775. The molecular weight excluding hydrogens is 358 g/mol. The molecule has 7 heteroatoms. The highest BCUT2D eigenvalue weighted by Gasteiger charge is 2.27. The van der Waals surface area contributed by atoms with E-state index in [0.29, 0.717) is 6.61 Å². The molecule has 7 nitrogen and oxygen atoms in total. The van der Waals surface area contributed by atoms with Gasteiger partial charge >= 0.3 is 5.97 Å². The molecule has 1 fully saturated rings. The summed E-state index contributed by atoms with van der Waals surface area (Å²) in [6.45, 7) is 2.63. The summed E-state index contributed by atoms with van der Waals surface area (Å²) in [7, 11) is 0. The van der Waals surface area contributed by atoms with Gasteiger partial charge in [-0.05, 0) is 31.4 Å². The van der Waals surface area contributed by atoms with Gasteiger partial charge in [0, 0.05) is 6.20 Å². The van der Waals surface area contributed by atoms with Gasteiger partial charge in [-0.15, -0.1) is 0 Å². The molecule has 0 bridgehead atoms. The topological polar surface area (TPSA) is 82.5 Å². The summed E-state index contributed by atoms with van der Waals surface area (Å²) in [5.74, 6) is -0.623. The van der Waals surface area contributed by atoms with E-state index in [9.17, 15) is 9.59 Å². The molecule has 1 aromatic heterocycles. The van der Waals surface area contributed by atoms with Gasteiger partial charge in [0.15, 0.2) is 5.69 Å². The lowest BCUT2D eigenvalue weighted by atomic mass is 9.92. The molecule has 1 aliphatic carbocycles. The minimum atomic E-state index is -0.483. The van der Waals surface area contributed by atoms with Crippen molar-refractivity contribution in [3.8, 4) is 0 Å². The van der Waals surface area contributed by atoms with E-state index in [1.165, 1.54) is 4.68 Å². The molecule has 0 saturated heterocycles. The summed E-state index contributed by atoms with van der Waals surface area (Å²) in [6, 6.07) is 11.6. The van der Waals surface area contributed by atoms with Crippen molar-refractivity contribution < 1.29 is 19.1 Å². The first-order chi connectivity index (χ1) is 13.7. The third-order valence-corrected chi connectivity index (χ3v) is 4.79. The lowest BCUT2D eigenvalue weighted by Gasteiger charge is -2.32. The highest BCUT2D eigenvalue weighted by atomic mass is 16.5. The number of carbonyl (C=O) groups excluding carboxylic acids is 2. The van der Waals surface area contributed by atoms with Crippen LogP contribution >= 0.6 is 0 Å². The number of aromatic nitrogens is 2. The maximum absolute atomic E-state index is 12.5. The molecule has 1 N–H and O–H groups in total. The number of esters is 1. The lowest BCUT2D eigenvalue weighted by molar-refractivity contribution is -0.124. The number of carbonyl (C=O) groups is 2. The number of ether oxygens (including phenoxy) is 2. The van der Waals surface area contributed by atoms with Gasteiger partial charge in [0.25, 0.3) is 0 Å². The molecular formula is C21H27N3O4. The Hall–Kier alpha value is -2.67. The molecule has 0 radical (unpaired) electrons. The monoisotopic (exact) mass is 385 g/mol. The van der Waals surface area contributed by atoms with E-state index in [4.69, 9.17) is 9.47 Å². The molecule has 1 aromatic carbocycles. The number of rotatable bonds is 8. The SMILES string of the molecule is CCOC(=O)c1ccn(CC(=O)NC2CCCCC2OCc2ccccc2)n1. The predicted molar refractivity (Wildman–Crippen MR) is 104 cm³/mol. The summed E-state index contributed by atoms with van der Waals surface area (Å²) < 4.78 is 12.5. The van der Waals surface area contributed by atoms with Crippen LogP contribution in [0.15, 0.2) is 42.6 Å². The average molecular weight is 385 g/mol. The first-order valence-electron chi connectivity index (χ1n) is 9.81. The van der Waals surface area contributed by atoms with Crippen molar-refractivity contribution in [2.45, 2.75) is 57.9 Å². The van der Waals surface area contributed by atoms with Crippen LogP contribution in [0.1, 0.15) is 48.7 Å². The van der Waals surface area contributed by atoms with E-state index >= 15 is 0 Å². The Labute approximate surface area is 165 Å². The highest BCUT2D eigenvalue weighted by Crippen LogP contribution is 2.22. The summed E-state index contributed by atoms with van der Waals surface area (Å²) in [5.41, 5.74) is 1.33. The van der Waals surface area contributed by atoms with Crippen LogP contribution in [0, 0.1) is 0 Å². The first-order valence-corrected chi connectivity index (χ1v) is 9.81. The minimum Gasteiger partial charge on any atom is -0.461 e. The zero-order chi connectivity index (χ0) is 19.8. The first kappa shape index (κ1) is 20.1. The molecule has 150 valence electrons. The van der Waals surface area contributed by atoms with E-state index in [1.807, 2.05) is 30.3 Å². The van der Waals surface area contributed by atoms with Crippen LogP contribution in [0.4, 0.5) is 0 Å². The Morgan fingerprint density at radius 3 is 2.75 bits per heavy atom. The van der Waals surface area contributed by atoms with Crippen LogP contribution in [0.25, 0.3) is 0 Å². The number of nitrogens with zero attached hydrogens (tertiary/aromatic N) is 2. The molecule has 1 saturated carbocycles. The quantitative estimate of drug-likeness (QED) is 0.707. The fourth-order valence-electron chi connectivity index (χ4n) is 3.40. The highest BCUT2D eigenvalue weighted by molar-refractivity contribution is 5.87. The van der Waals surface area contributed by atoms with E-state index in [2.05, 4.69) is 10.4 Å². The van der Waals surface area contributed by atoms with Gasteiger partial charge in [0.05, 0.1) is 25.4 Å². The van der Waals surface area contributed by atoms with Crippen LogP contribution < -0.4 is 5.32 Å². The van der Waals surface area contributed by atoms with Gasteiger partial charge < -0.3 is 14.8 Å². The second kappa shape index (κ2) is 10.0. The number of nitrogens with one attached hydrogen (secondary N) is 1. The third kappa shape index (κ3) is 5.66. The molecule has 1 aliphatic rings. The number of amides is 1. The minimum absolute atomic E-state index is 0.00520. The zero-order valence-corrected chi connectivity index (χ0v) is 16.2. The van der Waals surface area contributed by atoms with Crippen molar-refractivity contribution in [1.29, 1.82) is 0 Å². The fourth-order valence-corrected chi connectivity index (χ4v) is 3.40. The van der Waals surface area contributed by atoms with E-state index in [1.54, 1.807) is 19.2 Å². The summed E-state index contributed by atoms with van der Waals surface area (Å²) >= 11 is 0. The van der Waals surface area contributed by atoms with Crippen LogP contribution in [-0.4, -0.2) is 40.4 Å². The van der Waals surface area contributed by atoms with Gasteiger partial charge in [-0.1, -0.05) is 43.2 Å². The molecule has 28 heavy (non-hydrogen) atoms. The predicted octanol–water partition coefficient (Wildman–Crippen LogP) is 2.70. The zero-order valence-electron chi connectivity index (χ0n) is 16.2. The molecule has 2 unspecified atom stereocenters. The number of benzene rings is 1. The van der Waals surface area contributed by atoms with Crippen molar-refractivity contribution in [1.82, 2.24) is 15.1 Å². The Morgan fingerprint density at radius 2 is 1.96 bits per heavy atom. The van der Waals surface area contributed by atoms with Crippen molar-refractivity contribution in [2.75, 3.05) is 6.61 Å². The molecule has 0 spiro atoms. The lowest BCUT2D eigenvalue weighted by Crippen LogP contribution is -2.47. The average Bonchev–Trinajstić information content (AvgIpc) is 3.17. The maximum atomic E-state index is 12.5. The molecule has 0 aliphatic heterocycles. The largest absolute Gasteiger partial charge is 0.461 e. The third-order valence-electron chi connectivity index (χ3n) is 4.79. The van der Waals surface area contributed by atoms with Crippen molar-refractivity contribution in [3.63, 3.8) is 0 Å². The molecule has 1 amide bonds. The van der Waals surface area contributed by atoms with Crippen molar-refractivity contribution in [3.05, 3.63) is 53.9 Å². The normalized spacial score (nSPS) is 19.2.